The van der Waals surface area contributed by atoms with Crippen molar-refractivity contribution in [3.63, 3.8) is 0 Å². The molecule has 4 rings (SSSR count). The zero-order valence-electron chi connectivity index (χ0n) is 16.9. The van der Waals surface area contributed by atoms with Gasteiger partial charge >= 0.3 is 0 Å². The Morgan fingerprint density at radius 2 is 1.81 bits per heavy atom. The predicted molar refractivity (Wildman–Crippen MR) is 119 cm³/mol. The lowest BCUT2D eigenvalue weighted by Crippen LogP contribution is -2.23. The number of nitrogens with zero attached hydrogens (tertiary/aromatic N) is 4. The molecular weight excluding hydrogens is 412 g/mol. The standard InChI is InChI=1S/C22H20N6O2S/c1-14(25-15(2)29)16-3-5-17(6-4-16)20-11-31-22(26-20)27-21(30)18-7-9-19(10-8-18)28-13-23-12-24-28/h3-14H,1-2H3,(H,25,29)(H,26,27,30). The van der Waals surface area contributed by atoms with Gasteiger partial charge in [0.2, 0.25) is 5.91 Å². The molecule has 2 N–H and O–H groups in total. The van der Waals surface area contributed by atoms with Crippen molar-refractivity contribution >= 4 is 28.3 Å². The van der Waals surface area contributed by atoms with Gasteiger partial charge in [0.25, 0.3) is 5.91 Å². The fourth-order valence-electron chi connectivity index (χ4n) is 3.07. The van der Waals surface area contributed by atoms with E-state index in [1.54, 1.807) is 35.3 Å². The monoisotopic (exact) mass is 432 g/mol. The zero-order chi connectivity index (χ0) is 21.8. The summed E-state index contributed by atoms with van der Waals surface area (Å²) in [5, 5.41) is 12.2. The summed E-state index contributed by atoms with van der Waals surface area (Å²) in [5.41, 5.74) is 4.07. The van der Waals surface area contributed by atoms with E-state index in [9.17, 15) is 9.59 Å². The highest BCUT2D eigenvalue weighted by molar-refractivity contribution is 7.14. The molecule has 0 aliphatic heterocycles. The highest BCUT2D eigenvalue weighted by atomic mass is 32.1. The number of nitrogens with one attached hydrogen (secondary N) is 2. The van der Waals surface area contributed by atoms with Gasteiger partial charge in [-0.1, -0.05) is 24.3 Å². The first kappa shape index (κ1) is 20.4. The number of anilines is 1. The topological polar surface area (TPSA) is 102 Å². The Labute approximate surface area is 183 Å². The molecule has 156 valence electrons. The van der Waals surface area contributed by atoms with Crippen LogP contribution in [-0.4, -0.2) is 31.6 Å². The molecule has 9 heteroatoms. The summed E-state index contributed by atoms with van der Waals surface area (Å²) < 4.78 is 1.62. The number of amides is 2. The molecule has 0 aliphatic rings. The lowest BCUT2D eigenvalue weighted by Gasteiger charge is -2.13. The van der Waals surface area contributed by atoms with Gasteiger partial charge in [-0.25, -0.2) is 14.6 Å². The first-order chi connectivity index (χ1) is 15.0. The van der Waals surface area contributed by atoms with Crippen molar-refractivity contribution in [3.8, 4) is 16.9 Å². The van der Waals surface area contributed by atoms with Crippen LogP contribution in [0.15, 0.2) is 66.6 Å². The summed E-state index contributed by atoms with van der Waals surface area (Å²) in [4.78, 5) is 32.2. The van der Waals surface area contributed by atoms with Gasteiger partial charge < -0.3 is 5.32 Å². The van der Waals surface area contributed by atoms with Gasteiger partial charge in [0, 0.05) is 23.4 Å². The molecule has 0 saturated carbocycles. The maximum absolute atomic E-state index is 12.6. The Kier molecular flexibility index (Phi) is 5.85. The van der Waals surface area contributed by atoms with Crippen molar-refractivity contribution in [2.75, 3.05) is 5.32 Å². The minimum absolute atomic E-state index is 0.0622. The Morgan fingerprint density at radius 1 is 1.06 bits per heavy atom. The fourth-order valence-corrected chi connectivity index (χ4v) is 3.79. The van der Waals surface area contributed by atoms with Crippen LogP contribution in [0.1, 0.15) is 35.8 Å². The number of hydrogen-bond acceptors (Lipinski definition) is 6. The molecule has 0 spiro atoms. The summed E-state index contributed by atoms with van der Waals surface area (Å²) >= 11 is 1.37. The van der Waals surface area contributed by atoms with E-state index >= 15 is 0 Å². The van der Waals surface area contributed by atoms with Gasteiger partial charge in [-0.05, 0) is 36.8 Å². The summed E-state index contributed by atoms with van der Waals surface area (Å²) in [7, 11) is 0. The first-order valence-corrected chi connectivity index (χ1v) is 10.5. The Balaban J connectivity index is 1.42. The van der Waals surface area contributed by atoms with Gasteiger partial charge in [-0.2, -0.15) is 5.10 Å². The zero-order valence-corrected chi connectivity index (χ0v) is 17.8. The van der Waals surface area contributed by atoms with Crippen molar-refractivity contribution in [2.24, 2.45) is 0 Å². The molecular formula is C22H20N6O2S. The molecule has 2 aromatic carbocycles. The van der Waals surface area contributed by atoms with E-state index < -0.39 is 0 Å². The number of hydrogen-bond donors (Lipinski definition) is 2. The van der Waals surface area contributed by atoms with Crippen LogP contribution in [0.4, 0.5) is 5.13 Å². The highest BCUT2D eigenvalue weighted by Crippen LogP contribution is 2.26. The second kappa shape index (κ2) is 8.88. The number of aromatic nitrogens is 4. The van der Waals surface area contributed by atoms with Crippen LogP contribution < -0.4 is 10.6 Å². The molecule has 8 nitrogen and oxygen atoms in total. The number of benzene rings is 2. The lowest BCUT2D eigenvalue weighted by atomic mass is 10.1. The van der Waals surface area contributed by atoms with Gasteiger partial charge in [0.05, 0.1) is 17.4 Å². The minimum atomic E-state index is -0.231. The van der Waals surface area contributed by atoms with E-state index in [0.717, 1.165) is 22.5 Å². The Hall–Kier alpha value is -3.85. The van der Waals surface area contributed by atoms with Crippen LogP contribution >= 0.6 is 11.3 Å². The second-order valence-electron chi connectivity index (χ2n) is 6.92. The molecule has 2 aromatic heterocycles. The fraction of sp³-hybridized carbons (Fsp3) is 0.136. The lowest BCUT2D eigenvalue weighted by molar-refractivity contribution is -0.119. The normalized spacial score (nSPS) is 11.7. The van der Waals surface area contributed by atoms with Crippen molar-refractivity contribution in [2.45, 2.75) is 19.9 Å². The van der Waals surface area contributed by atoms with Crippen LogP contribution in [0.5, 0.6) is 0 Å². The van der Waals surface area contributed by atoms with Crippen LogP contribution in [-0.2, 0) is 4.79 Å². The second-order valence-corrected chi connectivity index (χ2v) is 7.78. The van der Waals surface area contributed by atoms with Gasteiger partial charge in [0.15, 0.2) is 5.13 Å². The summed E-state index contributed by atoms with van der Waals surface area (Å²) in [6, 6.07) is 14.8. The predicted octanol–water partition coefficient (Wildman–Crippen LogP) is 3.84. The van der Waals surface area contributed by atoms with E-state index in [1.165, 1.54) is 24.6 Å². The number of carbonyl (C=O) groups is 2. The molecule has 31 heavy (non-hydrogen) atoms. The number of carbonyl (C=O) groups excluding carboxylic acids is 2. The van der Waals surface area contributed by atoms with Gasteiger partial charge in [-0.15, -0.1) is 11.3 Å². The maximum atomic E-state index is 12.6. The van der Waals surface area contributed by atoms with Gasteiger partial charge in [0.1, 0.15) is 12.7 Å². The van der Waals surface area contributed by atoms with Crippen molar-refractivity contribution in [1.82, 2.24) is 25.1 Å². The third kappa shape index (κ3) is 4.84. The van der Waals surface area contributed by atoms with Crippen molar-refractivity contribution in [1.29, 1.82) is 0 Å². The van der Waals surface area contributed by atoms with Crippen LogP contribution in [0.3, 0.4) is 0 Å². The molecule has 0 bridgehead atoms. The van der Waals surface area contributed by atoms with E-state index in [-0.39, 0.29) is 17.9 Å². The molecule has 2 heterocycles. The molecule has 0 radical (unpaired) electrons. The summed E-state index contributed by atoms with van der Waals surface area (Å²) in [6.07, 6.45) is 3.05. The van der Waals surface area contributed by atoms with Crippen LogP contribution in [0.25, 0.3) is 16.9 Å². The largest absolute Gasteiger partial charge is 0.350 e. The number of thiazole rings is 1. The third-order valence-corrected chi connectivity index (χ3v) is 5.42. The van der Waals surface area contributed by atoms with Gasteiger partial charge in [-0.3, -0.25) is 14.9 Å². The Morgan fingerprint density at radius 3 is 2.45 bits per heavy atom. The van der Waals surface area contributed by atoms with E-state index in [1.807, 2.05) is 36.6 Å². The van der Waals surface area contributed by atoms with Crippen molar-refractivity contribution < 1.29 is 9.59 Å². The summed E-state index contributed by atoms with van der Waals surface area (Å²) in [6.45, 7) is 3.44. The average molecular weight is 433 g/mol. The molecule has 1 unspecified atom stereocenters. The van der Waals surface area contributed by atoms with Crippen LogP contribution in [0, 0.1) is 0 Å². The first-order valence-electron chi connectivity index (χ1n) is 9.59. The molecule has 1 atom stereocenters. The van der Waals surface area contributed by atoms with E-state index in [4.69, 9.17) is 0 Å². The molecule has 0 aliphatic carbocycles. The molecule has 4 aromatic rings. The highest BCUT2D eigenvalue weighted by Gasteiger charge is 2.12. The maximum Gasteiger partial charge on any atom is 0.257 e. The summed E-state index contributed by atoms with van der Waals surface area (Å²) in [5.74, 6) is -0.296. The smallest absolute Gasteiger partial charge is 0.257 e. The molecule has 0 saturated heterocycles. The molecule has 2 amide bonds. The van der Waals surface area contributed by atoms with Crippen molar-refractivity contribution in [3.05, 3.63) is 77.7 Å². The third-order valence-electron chi connectivity index (χ3n) is 4.66. The minimum Gasteiger partial charge on any atom is -0.350 e. The average Bonchev–Trinajstić information content (AvgIpc) is 3.46. The van der Waals surface area contributed by atoms with E-state index in [0.29, 0.717) is 10.7 Å². The van der Waals surface area contributed by atoms with E-state index in [2.05, 4.69) is 25.7 Å². The number of rotatable bonds is 6. The molecule has 0 fully saturated rings. The quantitative estimate of drug-likeness (QED) is 0.482. The van der Waals surface area contributed by atoms with Crippen LogP contribution in [0.2, 0.25) is 0 Å². The SMILES string of the molecule is CC(=O)NC(C)c1ccc(-c2csc(NC(=O)c3ccc(-n4cncn4)cc3)n2)cc1. The Bertz CT molecular complexity index is 1180.